The van der Waals surface area contributed by atoms with Gasteiger partial charge in [-0.2, -0.15) is 0 Å². The number of carbonyl (C=O) groups excluding carboxylic acids is 2. The summed E-state index contributed by atoms with van der Waals surface area (Å²) in [6, 6.07) is 20.7. The summed E-state index contributed by atoms with van der Waals surface area (Å²) in [6.07, 6.45) is 0. The maximum atomic E-state index is 12.5. The van der Waals surface area contributed by atoms with Gasteiger partial charge in [-0.3, -0.25) is 14.9 Å². The fourth-order valence-electron chi connectivity index (χ4n) is 2.85. The van der Waals surface area contributed by atoms with Crippen LogP contribution in [0.1, 0.15) is 26.3 Å². The number of nitrogens with zero attached hydrogens (tertiary/aromatic N) is 1. The molecule has 0 aliphatic carbocycles. The molecule has 4 nitrogen and oxygen atoms in total. The van der Waals surface area contributed by atoms with Crippen molar-refractivity contribution in [2.75, 3.05) is 5.32 Å². The zero-order valence-electron chi connectivity index (χ0n) is 15.4. The first kappa shape index (κ1) is 20.3. The molecule has 0 aliphatic rings. The summed E-state index contributed by atoms with van der Waals surface area (Å²) in [7, 11) is 0. The molecule has 0 radical (unpaired) electrons. The highest BCUT2D eigenvalue weighted by Gasteiger charge is 2.14. The summed E-state index contributed by atoms with van der Waals surface area (Å²) in [4.78, 5) is 29.5. The van der Waals surface area contributed by atoms with Crippen LogP contribution >= 0.6 is 34.5 Å². The zero-order valence-corrected chi connectivity index (χ0v) is 17.8. The lowest BCUT2D eigenvalue weighted by molar-refractivity contribution is 0.102. The van der Waals surface area contributed by atoms with Crippen LogP contribution in [0.4, 0.5) is 5.13 Å². The quantitative estimate of drug-likeness (QED) is 0.347. The van der Waals surface area contributed by atoms with Crippen LogP contribution in [-0.4, -0.2) is 16.7 Å². The highest BCUT2D eigenvalue weighted by molar-refractivity contribution is 7.14. The van der Waals surface area contributed by atoms with E-state index in [0.29, 0.717) is 37.6 Å². The molecule has 0 saturated carbocycles. The van der Waals surface area contributed by atoms with Crippen LogP contribution in [0.5, 0.6) is 0 Å². The molecule has 0 aliphatic heterocycles. The lowest BCUT2D eigenvalue weighted by Crippen LogP contribution is -2.12. The molecule has 1 aromatic heterocycles. The maximum absolute atomic E-state index is 12.5. The zero-order chi connectivity index (χ0) is 21.1. The van der Waals surface area contributed by atoms with Crippen LogP contribution < -0.4 is 5.32 Å². The normalized spacial score (nSPS) is 10.6. The van der Waals surface area contributed by atoms with Crippen molar-refractivity contribution in [3.8, 4) is 11.3 Å². The van der Waals surface area contributed by atoms with Crippen molar-refractivity contribution in [1.82, 2.24) is 4.98 Å². The molecular weight excluding hydrogens is 439 g/mol. The Labute approximate surface area is 187 Å². The Morgan fingerprint density at radius 1 is 0.833 bits per heavy atom. The summed E-state index contributed by atoms with van der Waals surface area (Å²) in [6.45, 7) is 0. The van der Waals surface area contributed by atoms with Crippen LogP contribution in [0.25, 0.3) is 11.3 Å². The van der Waals surface area contributed by atoms with Crippen molar-refractivity contribution < 1.29 is 9.59 Å². The van der Waals surface area contributed by atoms with E-state index in [0.717, 1.165) is 5.56 Å². The average Bonchev–Trinajstić information content (AvgIpc) is 3.22. The van der Waals surface area contributed by atoms with Gasteiger partial charge >= 0.3 is 0 Å². The van der Waals surface area contributed by atoms with Gasteiger partial charge in [-0.05, 0) is 30.3 Å². The van der Waals surface area contributed by atoms with Gasteiger partial charge in [0.25, 0.3) is 5.91 Å². The first-order chi connectivity index (χ1) is 14.5. The first-order valence-electron chi connectivity index (χ1n) is 8.93. The Bertz CT molecular complexity index is 1220. The molecular formula is C23H14Cl2N2O2S. The van der Waals surface area contributed by atoms with Crippen LogP contribution in [0, 0.1) is 0 Å². The predicted octanol–water partition coefficient (Wildman–Crippen LogP) is 6.60. The van der Waals surface area contributed by atoms with E-state index in [-0.39, 0.29) is 11.7 Å². The van der Waals surface area contributed by atoms with E-state index in [1.54, 1.807) is 54.6 Å². The van der Waals surface area contributed by atoms with Crippen molar-refractivity contribution in [2.24, 2.45) is 0 Å². The highest BCUT2D eigenvalue weighted by atomic mass is 35.5. The maximum Gasteiger partial charge on any atom is 0.257 e. The number of benzene rings is 3. The Hall–Kier alpha value is -2.99. The number of rotatable bonds is 5. The molecule has 1 amide bonds. The number of amides is 1. The molecule has 148 valence electrons. The van der Waals surface area contributed by atoms with E-state index in [2.05, 4.69) is 10.3 Å². The molecule has 0 fully saturated rings. The van der Waals surface area contributed by atoms with E-state index in [4.69, 9.17) is 23.2 Å². The molecule has 1 N–H and O–H groups in total. The molecule has 0 saturated heterocycles. The number of aromatic nitrogens is 1. The third-order valence-corrected chi connectivity index (χ3v) is 5.68. The average molecular weight is 453 g/mol. The van der Waals surface area contributed by atoms with Gasteiger partial charge in [-0.25, -0.2) is 4.98 Å². The fourth-order valence-corrected chi connectivity index (χ4v) is 4.06. The van der Waals surface area contributed by atoms with E-state index in [1.165, 1.54) is 11.3 Å². The lowest BCUT2D eigenvalue weighted by Gasteiger charge is -2.04. The standard InChI is InChI=1S/C23H14Cl2N2O2S/c24-17-10-11-18(19(25)12-17)20-13-30-23(26-20)27-22(29)16-8-6-15(7-9-16)21(28)14-4-2-1-3-5-14/h1-13H,(H,26,27,29). The van der Waals surface area contributed by atoms with Crippen LogP contribution in [0.2, 0.25) is 10.0 Å². The van der Waals surface area contributed by atoms with Crippen molar-refractivity contribution >= 4 is 51.4 Å². The topological polar surface area (TPSA) is 59.1 Å². The third kappa shape index (κ3) is 4.44. The van der Waals surface area contributed by atoms with E-state index < -0.39 is 0 Å². The number of anilines is 1. The highest BCUT2D eigenvalue weighted by Crippen LogP contribution is 2.32. The second-order valence-electron chi connectivity index (χ2n) is 6.39. The Balaban J connectivity index is 1.47. The summed E-state index contributed by atoms with van der Waals surface area (Å²) < 4.78 is 0. The largest absolute Gasteiger partial charge is 0.298 e. The summed E-state index contributed by atoms with van der Waals surface area (Å²) in [5.41, 5.74) is 2.95. The fraction of sp³-hybridized carbons (Fsp3) is 0. The number of halogens is 2. The minimum atomic E-state index is -0.309. The van der Waals surface area contributed by atoms with Gasteiger partial charge in [0.2, 0.25) is 0 Å². The Morgan fingerprint density at radius 3 is 2.20 bits per heavy atom. The van der Waals surface area contributed by atoms with E-state index in [1.807, 2.05) is 23.6 Å². The first-order valence-corrected chi connectivity index (χ1v) is 10.6. The lowest BCUT2D eigenvalue weighted by atomic mass is 10.0. The smallest absolute Gasteiger partial charge is 0.257 e. The van der Waals surface area contributed by atoms with E-state index in [9.17, 15) is 9.59 Å². The van der Waals surface area contributed by atoms with Crippen LogP contribution in [0.15, 0.2) is 78.2 Å². The summed E-state index contributed by atoms with van der Waals surface area (Å²) in [5.74, 6) is -0.399. The number of thiazole rings is 1. The van der Waals surface area contributed by atoms with Crippen LogP contribution in [-0.2, 0) is 0 Å². The van der Waals surface area contributed by atoms with Gasteiger partial charge < -0.3 is 0 Å². The number of ketones is 1. The van der Waals surface area contributed by atoms with Gasteiger partial charge in [-0.1, -0.05) is 65.7 Å². The molecule has 4 rings (SSSR count). The van der Waals surface area contributed by atoms with Gasteiger partial charge in [0.15, 0.2) is 10.9 Å². The second kappa shape index (κ2) is 8.79. The number of hydrogen-bond acceptors (Lipinski definition) is 4. The SMILES string of the molecule is O=C(Nc1nc(-c2ccc(Cl)cc2Cl)cs1)c1ccc(C(=O)c2ccccc2)cc1. The summed E-state index contributed by atoms with van der Waals surface area (Å²) in [5, 5.41) is 6.07. The number of hydrogen-bond donors (Lipinski definition) is 1. The van der Waals surface area contributed by atoms with Crippen molar-refractivity contribution in [2.45, 2.75) is 0 Å². The second-order valence-corrected chi connectivity index (χ2v) is 8.09. The molecule has 0 spiro atoms. The van der Waals surface area contributed by atoms with Crippen molar-refractivity contribution in [1.29, 1.82) is 0 Å². The number of carbonyl (C=O) groups is 2. The molecule has 3 aromatic carbocycles. The van der Waals surface area contributed by atoms with Crippen molar-refractivity contribution in [3.05, 3.63) is 105 Å². The van der Waals surface area contributed by atoms with Crippen LogP contribution in [0.3, 0.4) is 0 Å². The minimum absolute atomic E-state index is 0.0908. The Kier molecular flexibility index (Phi) is 5.95. The summed E-state index contributed by atoms with van der Waals surface area (Å²) >= 11 is 13.5. The monoisotopic (exact) mass is 452 g/mol. The van der Waals surface area contributed by atoms with E-state index >= 15 is 0 Å². The molecule has 30 heavy (non-hydrogen) atoms. The van der Waals surface area contributed by atoms with Gasteiger partial charge in [0.05, 0.1) is 10.7 Å². The molecule has 0 bridgehead atoms. The Morgan fingerprint density at radius 2 is 1.50 bits per heavy atom. The minimum Gasteiger partial charge on any atom is -0.298 e. The molecule has 1 heterocycles. The molecule has 7 heteroatoms. The van der Waals surface area contributed by atoms with Crippen molar-refractivity contribution in [3.63, 3.8) is 0 Å². The van der Waals surface area contributed by atoms with Gasteiger partial charge in [-0.15, -0.1) is 11.3 Å². The van der Waals surface area contributed by atoms with Gasteiger partial charge in [0.1, 0.15) is 0 Å². The molecule has 0 unspecified atom stereocenters. The molecule has 0 atom stereocenters. The predicted molar refractivity (Wildman–Crippen MR) is 122 cm³/mol. The molecule has 4 aromatic rings. The third-order valence-electron chi connectivity index (χ3n) is 4.38. The van der Waals surface area contributed by atoms with Gasteiger partial charge in [0, 0.05) is 32.7 Å². The number of nitrogens with one attached hydrogen (secondary N) is 1.